The second-order valence-electron chi connectivity index (χ2n) is 11.2. The molecule has 3 rings (SSSR count). The van der Waals surface area contributed by atoms with Crippen LogP contribution in [0.2, 0.25) is 0 Å². The van der Waals surface area contributed by atoms with Crippen LogP contribution in [0.5, 0.6) is 0 Å². The van der Waals surface area contributed by atoms with E-state index in [0.29, 0.717) is 0 Å². The molecule has 3 nitrogen and oxygen atoms in total. The van der Waals surface area contributed by atoms with Crippen molar-refractivity contribution in [1.29, 1.82) is 0 Å². The number of rotatable bonds is 12. The van der Waals surface area contributed by atoms with Gasteiger partial charge in [-0.3, -0.25) is 4.79 Å². The quantitative estimate of drug-likeness (QED) is 0.172. The van der Waals surface area contributed by atoms with Crippen LogP contribution in [0.15, 0.2) is 12.8 Å². The smallest absolute Gasteiger partial charge is 0.309 e. The maximum atomic E-state index is 12.6. The van der Waals surface area contributed by atoms with Gasteiger partial charge in [-0.2, -0.15) is 0 Å². The van der Waals surface area contributed by atoms with Gasteiger partial charge in [-0.05, 0) is 81.5 Å². The van der Waals surface area contributed by atoms with Gasteiger partial charge >= 0.3 is 5.97 Å². The Bertz CT molecular complexity index is 521. The number of hydrogen-bond donors (Lipinski definition) is 0. The summed E-state index contributed by atoms with van der Waals surface area (Å²) >= 11 is 0. The first-order valence-electron chi connectivity index (χ1n) is 14.1. The number of carbonyl (C=O) groups excluding carboxylic acids is 1. The van der Waals surface area contributed by atoms with Crippen molar-refractivity contribution in [2.45, 2.75) is 129 Å². The Labute approximate surface area is 198 Å². The summed E-state index contributed by atoms with van der Waals surface area (Å²) in [6, 6.07) is 0. The van der Waals surface area contributed by atoms with Gasteiger partial charge in [0, 0.05) is 0 Å². The van der Waals surface area contributed by atoms with Crippen LogP contribution in [0.4, 0.5) is 0 Å². The van der Waals surface area contributed by atoms with E-state index in [1.54, 1.807) is 6.26 Å². The van der Waals surface area contributed by atoms with Gasteiger partial charge < -0.3 is 9.47 Å². The Hall–Kier alpha value is -0.990. The van der Waals surface area contributed by atoms with E-state index >= 15 is 0 Å². The predicted octanol–water partition coefficient (Wildman–Crippen LogP) is 8.22. The van der Waals surface area contributed by atoms with Crippen LogP contribution in [-0.4, -0.2) is 18.7 Å². The van der Waals surface area contributed by atoms with Crippen LogP contribution < -0.4 is 0 Å². The van der Waals surface area contributed by atoms with Crippen LogP contribution in [0.1, 0.15) is 122 Å². The largest absolute Gasteiger partial charge is 0.502 e. The van der Waals surface area contributed by atoms with Crippen molar-refractivity contribution in [1.82, 2.24) is 0 Å². The van der Waals surface area contributed by atoms with Gasteiger partial charge in [0.15, 0.2) is 0 Å². The number of unbranched alkanes of at least 4 members (excludes halogenated alkanes) is 1. The molecular formula is C29H50O3. The summed E-state index contributed by atoms with van der Waals surface area (Å²) in [5.74, 6) is 3.85. The van der Waals surface area contributed by atoms with E-state index in [4.69, 9.17) is 9.47 Å². The van der Waals surface area contributed by atoms with Crippen molar-refractivity contribution in [3.8, 4) is 0 Å². The summed E-state index contributed by atoms with van der Waals surface area (Å²) in [5.41, 5.74) is 0. The Kier molecular flexibility index (Phi) is 11.5. The fraction of sp³-hybridized carbons (Fsp3) is 0.897. The molecule has 0 aromatic rings. The zero-order valence-corrected chi connectivity index (χ0v) is 20.9. The second-order valence-corrected chi connectivity index (χ2v) is 11.2. The molecule has 3 aliphatic rings. The fourth-order valence-electron chi connectivity index (χ4n) is 6.60. The molecule has 0 atom stereocenters. The molecule has 0 unspecified atom stereocenters. The minimum Gasteiger partial charge on any atom is -0.502 e. The number of carbonyl (C=O) groups is 1. The van der Waals surface area contributed by atoms with E-state index in [0.717, 1.165) is 56.0 Å². The Morgan fingerprint density at radius 3 is 1.78 bits per heavy atom. The summed E-state index contributed by atoms with van der Waals surface area (Å²) in [5, 5.41) is 0. The molecule has 32 heavy (non-hydrogen) atoms. The molecule has 0 aliphatic heterocycles. The number of hydrogen-bond acceptors (Lipinski definition) is 3. The standard InChI is InChI=1S/C29H50O3/c1-3-23-15-19-28(20-16-23)32-29(30)27-17-13-25(14-18-27)8-6-5-7-24-9-11-26(12-10-24)21-22-31-4-2/h4,23-28H,2-3,5-22H2,1H3. The highest BCUT2D eigenvalue weighted by molar-refractivity contribution is 5.72. The van der Waals surface area contributed by atoms with E-state index < -0.39 is 0 Å². The van der Waals surface area contributed by atoms with Crippen LogP contribution in [0.3, 0.4) is 0 Å². The fourth-order valence-corrected chi connectivity index (χ4v) is 6.60. The van der Waals surface area contributed by atoms with Gasteiger partial charge in [-0.25, -0.2) is 0 Å². The van der Waals surface area contributed by atoms with E-state index in [2.05, 4.69) is 13.5 Å². The monoisotopic (exact) mass is 446 g/mol. The Morgan fingerprint density at radius 2 is 1.25 bits per heavy atom. The van der Waals surface area contributed by atoms with E-state index in [9.17, 15) is 4.79 Å². The third-order valence-corrected chi connectivity index (χ3v) is 9.04. The van der Waals surface area contributed by atoms with Gasteiger partial charge in [-0.15, -0.1) is 0 Å². The molecule has 0 heterocycles. The molecule has 0 amide bonds. The molecule has 0 N–H and O–H groups in total. The molecular weight excluding hydrogens is 396 g/mol. The van der Waals surface area contributed by atoms with Crippen molar-refractivity contribution in [2.24, 2.45) is 29.6 Å². The Balaban J connectivity index is 1.19. The zero-order chi connectivity index (χ0) is 22.6. The van der Waals surface area contributed by atoms with E-state index in [1.165, 1.54) is 89.9 Å². The van der Waals surface area contributed by atoms with Crippen molar-refractivity contribution >= 4 is 5.97 Å². The van der Waals surface area contributed by atoms with Crippen molar-refractivity contribution in [2.75, 3.05) is 6.61 Å². The molecule has 0 aromatic heterocycles. The lowest BCUT2D eigenvalue weighted by Crippen LogP contribution is -2.30. The van der Waals surface area contributed by atoms with E-state index in [-0.39, 0.29) is 18.0 Å². The molecule has 184 valence electrons. The van der Waals surface area contributed by atoms with Crippen LogP contribution >= 0.6 is 0 Å². The highest BCUT2D eigenvalue weighted by Crippen LogP contribution is 2.36. The minimum atomic E-state index is 0.120. The van der Waals surface area contributed by atoms with Crippen LogP contribution in [0, 0.1) is 29.6 Å². The minimum absolute atomic E-state index is 0.120. The van der Waals surface area contributed by atoms with Gasteiger partial charge in [0.05, 0.1) is 18.8 Å². The SMILES string of the molecule is C=COCCC1CCC(CCCCC2CCC(C(=O)OC3CCC(CC)CC3)CC2)CC1. The highest BCUT2D eigenvalue weighted by Gasteiger charge is 2.30. The molecule has 3 aliphatic carbocycles. The third kappa shape index (κ3) is 8.75. The molecule has 3 saturated carbocycles. The van der Waals surface area contributed by atoms with Gasteiger partial charge in [0.1, 0.15) is 6.10 Å². The van der Waals surface area contributed by atoms with Crippen molar-refractivity contribution in [3.05, 3.63) is 12.8 Å². The first-order chi connectivity index (χ1) is 15.7. The maximum Gasteiger partial charge on any atom is 0.309 e. The predicted molar refractivity (Wildman–Crippen MR) is 132 cm³/mol. The normalized spacial score (nSPS) is 33.4. The molecule has 0 aromatic carbocycles. The second kappa shape index (κ2) is 14.3. The van der Waals surface area contributed by atoms with Gasteiger partial charge in [0.2, 0.25) is 0 Å². The van der Waals surface area contributed by atoms with Crippen molar-refractivity contribution < 1.29 is 14.3 Å². The molecule has 3 heteroatoms. The third-order valence-electron chi connectivity index (χ3n) is 9.04. The zero-order valence-electron chi connectivity index (χ0n) is 20.9. The highest BCUT2D eigenvalue weighted by atomic mass is 16.5. The van der Waals surface area contributed by atoms with E-state index in [1.807, 2.05) is 0 Å². The lowest BCUT2D eigenvalue weighted by molar-refractivity contribution is -0.157. The summed E-state index contributed by atoms with van der Waals surface area (Å²) in [6.07, 6.45) is 24.7. The summed E-state index contributed by atoms with van der Waals surface area (Å²) in [6.45, 7) is 6.75. The molecule has 0 spiro atoms. The molecule has 0 saturated heterocycles. The number of ether oxygens (including phenoxy) is 2. The van der Waals surface area contributed by atoms with Gasteiger partial charge in [0.25, 0.3) is 0 Å². The average molecular weight is 447 g/mol. The molecule has 0 bridgehead atoms. The van der Waals surface area contributed by atoms with Crippen LogP contribution in [0.25, 0.3) is 0 Å². The first kappa shape index (κ1) is 25.6. The number of esters is 1. The molecule has 0 radical (unpaired) electrons. The Morgan fingerprint density at radius 1 is 0.750 bits per heavy atom. The lowest BCUT2D eigenvalue weighted by atomic mass is 9.77. The topological polar surface area (TPSA) is 35.5 Å². The molecule has 3 fully saturated rings. The summed E-state index contributed by atoms with van der Waals surface area (Å²) in [7, 11) is 0. The maximum absolute atomic E-state index is 12.6. The van der Waals surface area contributed by atoms with Crippen LogP contribution in [-0.2, 0) is 14.3 Å². The lowest BCUT2D eigenvalue weighted by Gasteiger charge is -2.31. The van der Waals surface area contributed by atoms with Gasteiger partial charge in [-0.1, -0.05) is 71.3 Å². The average Bonchev–Trinajstić information content (AvgIpc) is 2.84. The summed E-state index contributed by atoms with van der Waals surface area (Å²) in [4.78, 5) is 12.6. The van der Waals surface area contributed by atoms with Crippen molar-refractivity contribution in [3.63, 3.8) is 0 Å². The summed E-state index contributed by atoms with van der Waals surface area (Å²) < 4.78 is 11.2. The first-order valence-corrected chi connectivity index (χ1v) is 14.1.